The van der Waals surface area contributed by atoms with Gasteiger partial charge in [-0.15, -0.1) is 0 Å². The van der Waals surface area contributed by atoms with Gasteiger partial charge in [0, 0.05) is 11.3 Å². The molecule has 0 amide bonds. The molecule has 2 aromatic carbocycles. The van der Waals surface area contributed by atoms with Gasteiger partial charge in [0.2, 0.25) is 0 Å². The van der Waals surface area contributed by atoms with Crippen molar-refractivity contribution < 1.29 is 5.11 Å². The van der Waals surface area contributed by atoms with Gasteiger partial charge < -0.3 is 10.8 Å². The van der Waals surface area contributed by atoms with Crippen LogP contribution in [0.4, 0.5) is 5.69 Å². The SMILES string of the molecule is Cc1ccc(-c2cc(N)ccc2O)c(C)c1. The molecule has 0 saturated heterocycles. The van der Waals surface area contributed by atoms with Gasteiger partial charge in [-0.2, -0.15) is 0 Å². The molecule has 0 bridgehead atoms. The number of nitrogen functional groups attached to an aromatic ring is 1. The Morgan fingerprint density at radius 2 is 1.69 bits per heavy atom. The minimum Gasteiger partial charge on any atom is -0.507 e. The van der Waals surface area contributed by atoms with Crippen molar-refractivity contribution in [2.75, 3.05) is 5.73 Å². The Hall–Kier alpha value is -1.96. The fraction of sp³-hybridized carbons (Fsp3) is 0.143. The lowest BCUT2D eigenvalue weighted by Crippen LogP contribution is -1.89. The van der Waals surface area contributed by atoms with Crippen molar-refractivity contribution in [2.45, 2.75) is 13.8 Å². The van der Waals surface area contributed by atoms with Gasteiger partial charge in [-0.1, -0.05) is 23.8 Å². The number of aryl methyl sites for hydroxylation is 2. The summed E-state index contributed by atoms with van der Waals surface area (Å²) in [6.07, 6.45) is 0. The van der Waals surface area contributed by atoms with E-state index in [0.717, 1.165) is 16.7 Å². The monoisotopic (exact) mass is 213 g/mol. The first kappa shape index (κ1) is 10.6. The van der Waals surface area contributed by atoms with E-state index in [-0.39, 0.29) is 5.75 Å². The van der Waals surface area contributed by atoms with Crippen LogP contribution in [0.15, 0.2) is 36.4 Å². The average molecular weight is 213 g/mol. The van der Waals surface area contributed by atoms with Gasteiger partial charge in [0.15, 0.2) is 0 Å². The molecule has 16 heavy (non-hydrogen) atoms. The van der Waals surface area contributed by atoms with E-state index in [2.05, 4.69) is 13.0 Å². The van der Waals surface area contributed by atoms with E-state index in [1.54, 1.807) is 18.2 Å². The minimum atomic E-state index is 0.265. The van der Waals surface area contributed by atoms with Gasteiger partial charge in [0.05, 0.1) is 0 Å². The maximum Gasteiger partial charge on any atom is 0.123 e. The highest BCUT2D eigenvalue weighted by Gasteiger charge is 2.07. The first-order valence-corrected chi connectivity index (χ1v) is 5.24. The lowest BCUT2D eigenvalue weighted by Gasteiger charge is -2.09. The second kappa shape index (κ2) is 3.89. The van der Waals surface area contributed by atoms with Crippen LogP contribution in [0.25, 0.3) is 11.1 Å². The van der Waals surface area contributed by atoms with Crippen LogP contribution in [-0.2, 0) is 0 Å². The van der Waals surface area contributed by atoms with Gasteiger partial charge >= 0.3 is 0 Å². The third kappa shape index (κ3) is 1.87. The maximum absolute atomic E-state index is 9.83. The van der Waals surface area contributed by atoms with Crippen molar-refractivity contribution in [1.29, 1.82) is 0 Å². The molecular formula is C14H15NO. The summed E-state index contributed by atoms with van der Waals surface area (Å²) in [6, 6.07) is 11.3. The highest BCUT2D eigenvalue weighted by Crippen LogP contribution is 2.33. The summed E-state index contributed by atoms with van der Waals surface area (Å²) in [5.41, 5.74) is 10.6. The number of benzene rings is 2. The van der Waals surface area contributed by atoms with Crippen LogP contribution in [0.1, 0.15) is 11.1 Å². The highest BCUT2D eigenvalue weighted by molar-refractivity contribution is 5.76. The number of phenolic OH excluding ortho intramolecular Hbond substituents is 1. The number of hydrogen-bond donors (Lipinski definition) is 2. The van der Waals surface area contributed by atoms with Gasteiger partial charge in [-0.3, -0.25) is 0 Å². The molecule has 0 aliphatic carbocycles. The van der Waals surface area contributed by atoms with Crippen LogP contribution >= 0.6 is 0 Å². The lowest BCUT2D eigenvalue weighted by atomic mass is 9.98. The molecule has 0 aliphatic heterocycles. The first-order chi connectivity index (χ1) is 7.58. The van der Waals surface area contributed by atoms with Crippen LogP contribution < -0.4 is 5.73 Å². The van der Waals surface area contributed by atoms with Crippen LogP contribution in [0.2, 0.25) is 0 Å². The number of aromatic hydroxyl groups is 1. The summed E-state index contributed by atoms with van der Waals surface area (Å²) >= 11 is 0. The molecule has 0 fully saturated rings. The van der Waals surface area contributed by atoms with Crippen molar-refractivity contribution in [1.82, 2.24) is 0 Å². The highest BCUT2D eigenvalue weighted by atomic mass is 16.3. The fourth-order valence-electron chi connectivity index (χ4n) is 1.89. The van der Waals surface area contributed by atoms with Crippen molar-refractivity contribution in [3.8, 4) is 16.9 Å². The molecule has 3 N–H and O–H groups in total. The second-order valence-electron chi connectivity index (χ2n) is 4.09. The van der Waals surface area contributed by atoms with Crippen LogP contribution in [0.5, 0.6) is 5.75 Å². The summed E-state index contributed by atoms with van der Waals surface area (Å²) in [7, 11) is 0. The molecule has 82 valence electrons. The Morgan fingerprint density at radius 1 is 0.938 bits per heavy atom. The molecule has 0 heterocycles. The van der Waals surface area contributed by atoms with Gasteiger partial charge in [-0.25, -0.2) is 0 Å². The molecule has 0 atom stereocenters. The number of nitrogens with two attached hydrogens (primary N) is 1. The topological polar surface area (TPSA) is 46.2 Å². The van der Waals surface area contributed by atoms with Gasteiger partial charge in [-0.05, 0) is 43.2 Å². The fourth-order valence-corrected chi connectivity index (χ4v) is 1.89. The molecule has 2 rings (SSSR count). The zero-order valence-electron chi connectivity index (χ0n) is 9.49. The van der Waals surface area contributed by atoms with E-state index in [1.165, 1.54) is 5.56 Å². The molecular weight excluding hydrogens is 198 g/mol. The average Bonchev–Trinajstić information content (AvgIpc) is 2.22. The van der Waals surface area contributed by atoms with Gasteiger partial charge in [0.1, 0.15) is 5.75 Å². The van der Waals surface area contributed by atoms with Crippen LogP contribution in [0.3, 0.4) is 0 Å². The maximum atomic E-state index is 9.83. The van der Waals surface area contributed by atoms with E-state index in [0.29, 0.717) is 5.69 Å². The molecule has 0 saturated carbocycles. The molecule has 2 heteroatoms. The van der Waals surface area contributed by atoms with Gasteiger partial charge in [0.25, 0.3) is 0 Å². The van der Waals surface area contributed by atoms with Crippen molar-refractivity contribution in [3.63, 3.8) is 0 Å². The summed E-state index contributed by atoms with van der Waals surface area (Å²) in [6.45, 7) is 4.08. The molecule has 0 spiro atoms. The Kier molecular flexibility index (Phi) is 2.57. The summed E-state index contributed by atoms with van der Waals surface area (Å²) in [5, 5.41) is 9.83. The molecule has 0 unspecified atom stereocenters. The third-order valence-electron chi connectivity index (χ3n) is 2.69. The largest absolute Gasteiger partial charge is 0.507 e. The second-order valence-corrected chi connectivity index (χ2v) is 4.09. The van der Waals surface area contributed by atoms with E-state index >= 15 is 0 Å². The summed E-state index contributed by atoms with van der Waals surface area (Å²) in [4.78, 5) is 0. The number of rotatable bonds is 1. The van der Waals surface area contributed by atoms with E-state index in [4.69, 9.17) is 5.73 Å². The van der Waals surface area contributed by atoms with Crippen molar-refractivity contribution in [3.05, 3.63) is 47.5 Å². The molecule has 0 radical (unpaired) electrons. The van der Waals surface area contributed by atoms with E-state index in [1.807, 2.05) is 19.1 Å². The molecule has 0 aliphatic rings. The first-order valence-electron chi connectivity index (χ1n) is 5.24. The standard InChI is InChI=1S/C14H15NO/c1-9-3-5-12(10(2)7-9)13-8-11(15)4-6-14(13)16/h3-8,16H,15H2,1-2H3. The summed E-state index contributed by atoms with van der Waals surface area (Å²) in [5.74, 6) is 0.265. The smallest absolute Gasteiger partial charge is 0.123 e. The molecule has 2 nitrogen and oxygen atoms in total. The number of anilines is 1. The number of phenols is 1. The predicted octanol–water partition coefficient (Wildman–Crippen LogP) is 3.26. The molecule has 2 aromatic rings. The third-order valence-corrected chi connectivity index (χ3v) is 2.69. The van der Waals surface area contributed by atoms with Crippen molar-refractivity contribution in [2.24, 2.45) is 0 Å². The summed E-state index contributed by atoms with van der Waals surface area (Å²) < 4.78 is 0. The minimum absolute atomic E-state index is 0.265. The van der Waals surface area contributed by atoms with E-state index in [9.17, 15) is 5.11 Å². The number of hydrogen-bond acceptors (Lipinski definition) is 2. The van der Waals surface area contributed by atoms with Crippen LogP contribution in [0, 0.1) is 13.8 Å². The van der Waals surface area contributed by atoms with E-state index < -0.39 is 0 Å². The zero-order chi connectivity index (χ0) is 11.7. The Bertz CT molecular complexity index is 532. The van der Waals surface area contributed by atoms with Crippen LogP contribution in [-0.4, -0.2) is 5.11 Å². The Morgan fingerprint density at radius 3 is 2.38 bits per heavy atom. The van der Waals surface area contributed by atoms with Crippen molar-refractivity contribution >= 4 is 5.69 Å². The normalized spacial score (nSPS) is 10.4. The molecule has 0 aromatic heterocycles. The lowest BCUT2D eigenvalue weighted by molar-refractivity contribution is 0.477. The Labute approximate surface area is 95.4 Å². The quantitative estimate of drug-likeness (QED) is 0.564. The predicted molar refractivity (Wildman–Crippen MR) is 67.4 cm³/mol. The zero-order valence-corrected chi connectivity index (χ0v) is 9.49. The Balaban J connectivity index is 2.62.